The molecule has 0 radical (unpaired) electrons. The van der Waals surface area contributed by atoms with E-state index in [1.54, 1.807) is 16.4 Å². The summed E-state index contributed by atoms with van der Waals surface area (Å²) in [7, 11) is 0. The predicted molar refractivity (Wildman–Crippen MR) is 145 cm³/mol. The van der Waals surface area contributed by atoms with Crippen LogP contribution in [0.3, 0.4) is 0 Å². The lowest BCUT2D eigenvalue weighted by Gasteiger charge is -2.25. The Balaban J connectivity index is 1.53. The summed E-state index contributed by atoms with van der Waals surface area (Å²) in [5.74, 6) is -0.0296. The van der Waals surface area contributed by atoms with Crippen LogP contribution in [0.5, 0.6) is 0 Å². The first-order valence-electron chi connectivity index (χ1n) is 11.7. The van der Waals surface area contributed by atoms with Crippen LogP contribution in [0.2, 0.25) is 0 Å². The van der Waals surface area contributed by atoms with Crippen LogP contribution in [-0.2, 0) is 22.6 Å². The van der Waals surface area contributed by atoms with Crippen molar-refractivity contribution in [2.24, 2.45) is 0 Å². The number of hydrogen-bond acceptors (Lipinski definition) is 6. The molecule has 4 aromatic rings. The van der Waals surface area contributed by atoms with Gasteiger partial charge in [-0.15, -0.1) is 11.3 Å². The Bertz CT molecular complexity index is 1540. The van der Waals surface area contributed by atoms with Gasteiger partial charge in [-0.25, -0.2) is 4.98 Å². The van der Waals surface area contributed by atoms with E-state index in [2.05, 4.69) is 5.32 Å². The monoisotopic (exact) mass is 518 g/mol. The van der Waals surface area contributed by atoms with E-state index in [0.717, 1.165) is 27.3 Å². The van der Waals surface area contributed by atoms with Crippen LogP contribution in [0.1, 0.15) is 28.5 Å². The van der Waals surface area contributed by atoms with Gasteiger partial charge in [0, 0.05) is 24.0 Å². The van der Waals surface area contributed by atoms with Crippen LogP contribution in [0.15, 0.2) is 58.5 Å². The van der Waals surface area contributed by atoms with Crippen LogP contribution in [-0.4, -0.2) is 38.6 Å². The number of amides is 2. The fourth-order valence-electron chi connectivity index (χ4n) is 4.36. The molecule has 9 heteroatoms. The quantitative estimate of drug-likeness (QED) is 0.306. The first kappa shape index (κ1) is 24.3. The van der Waals surface area contributed by atoms with Crippen LogP contribution in [0, 0.1) is 13.8 Å². The Morgan fingerprint density at radius 1 is 1.11 bits per heavy atom. The molecule has 1 N–H and O–H groups in total. The zero-order valence-electron chi connectivity index (χ0n) is 20.3. The third-order valence-electron chi connectivity index (χ3n) is 6.22. The Hall–Kier alpha value is -3.43. The summed E-state index contributed by atoms with van der Waals surface area (Å²) in [5.41, 5.74) is 4.44. The smallest absolute Gasteiger partial charge is 0.267 e. The van der Waals surface area contributed by atoms with Crippen molar-refractivity contribution in [2.45, 2.75) is 38.9 Å². The highest BCUT2D eigenvalue weighted by Gasteiger charge is 2.26. The number of anilines is 1. The first-order chi connectivity index (χ1) is 17.3. The highest BCUT2D eigenvalue weighted by Crippen LogP contribution is 2.34. The molecule has 0 fully saturated rings. The lowest BCUT2D eigenvalue weighted by molar-refractivity contribution is -0.129. The number of benzene rings is 2. The molecular weight excluding hydrogens is 492 g/mol. The number of nitrogens with zero attached hydrogens (tertiary/aromatic N) is 3. The third kappa shape index (κ3) is 4.81. The van der Waals surface area contributed by atoms with Gasteiger partial charge in [0.05, 0.1) is 23.4 Å². The number of carbonyl (C=O) groups excluding carboxylic acids is 2. The zero-order chi connectivity index (χ0) is 25.4. The molecule has 0 bridgehead atoms. The number of thiophene rings is 1. The summed E-state index contributed by atoms with van der Waals surface area (Å²) in [6, 6.07) is 15.3. The van der Waals surface area contributed by atoms with E-state index in [1.807, 2.05) is 62.4 Å². The van der Waals surface area contributed by atoms with Gasteiger partial charge in [0.1, 0.15) is 4.83 Å². The topological polar surface area (TPSA) is 84.3 Å². The van der Waals surface area contributed by atoms with E-state index in [-0.39, 0.29) is 23.1 Å². The Labute approximate surface area is 217 Å². The Kier molecular flexibility index (Phi) is 6.68. The van der Waals surface area contributed by atoms with Gasteiger partial charge in [0.15, 0.2) is 5.16 Å². The number of rotatable bonds is 5. The van der Waals surface area contributed by atoms with Gasteiger partial charge in [0.25, 0.3) is 5.56 Å². The van der Waals surface area contributed by atoms with Crippen molar-refractivity contribution in [3.63, 3.8) is 0 Å². The predicted octanol–water partition coefficient (Wildman–Crippen LogP) is 4.70. The standard InChI is InChI=1S/C27H26N4O3S2/c1-16-7-9-20(10-8-16)31-26(34)24-21-11-12-30(18(3)32)14-22(21)36-25(24)29-27(31)35-15-23(33)28-19-6-4-5-17(2)13-19/h4-10,13H,11-12,14-15H2,1-3H3,(H,28,33). The molecule has 7 nitrogen and oxygen atoms in total. The number of hydrogen-bond donors (Lipinski definition) is 1. The minimum Gasteiger partial charge on any atom is -0.337 e. The van der Waals surface area contributed by atoms with Crippen molar-refractivity contribution >= 4 is 50.8 Å². The third-order valence-corrected chi connectivity index (χ3v) is 8.26. The highest BCUT2D eigenvalue weighted by atomic mass is 32.2. The van der Waals surface area contributed by atoms with Crippen LogP contribution in [0.4, 0.5) is 5.69 Å². The van der Waals surface area contributed by atoms with Crippen LogP contribution >= 0.6 is 23.1 Å². The van der Waals surface area contributed by atoms with Gasteiger partial charge in [-0.05, 0) is 55.7 Å². The summed E-state index contributed by atoms with van der Waals surface area (Å²) >= 11 is 2.70. The van der Waals surface area contributed by atoms with Crippen LogP contribution in [0.25, 0.3) is 15.9 Å². The molecule has 2 amide bonds. The van der Waals surface area contributed by atoms with Gasteiger partial charge < -0.3 is 10.2 Å². The molecule has 1 aliphatic rings. The number of fused-ring (bicyclic) bond motifs is 3. The molecule has 0 saturated heterocycles. The van der Waals surface area contributed by atoms with Gasteiger partial charge in [0.2, 0.25) is 11.8 Å². The molecule has 5 rings (SSSR count). The minimum absolute atomic E-state index is 0.0269. The minimum atomic E-state index is -0.169. The summed E-state index contributed by atoms with van der Waals surface area (Å²) in [6.45, 7) is 6.62. The lowest BCUT2D eigenvalue weighted by Crippen LogP contribution is -2.34. The summed E-state index contributed by atoms with van der Waals surface area (Å²) in [6.07, 6.45) is 0.630. The van der Waals surface area contributed by atoms with Gasteiger partial charge >= 0.3 is 0 Å². The molecule has 3 heterocycles. The summed E-state index contributed by atoms with van der Waals surface area (Å²) < 4.78 is 1.61. The fraction of sp³-hybridized carbons (Fsp3) is 0.259. The van der Waals surface area contributed by atoms with E-state index >= 15 is 0 Å². The second kappa shape index (κ2) is 9.91. The van der Waals surface area contributed by atoms with Crippen molar-refractivity contribution < 1.29 is 9.59 Å². The number of nitrogens with one attached hydrogen (secondary N) is 1. The van der Waals surface area contributed by atoms with Crippen molar-refractivity contribution in [3.8, 4) is 5.69 Å². The first-order valence-corrected chi connectivity index (χ1v) is 13.5. The maximum atomic E-state index is 13.9. The van der Waals surface area contributed by atoms with Gasteiger partial charge in [-0.1, -0.05) is 41.6 Å². The number of thioether (sulfide) groups is 1. The van der Waals surface area contributed by atoms with E-state index in [0.29, 0.717) is 40.6 Å². The van der Waals surface area contributed by atoms with E-state index in [4.69, 9.17) is 4.98 Å². The second-order valence-electron chi connectivity index (χ2n) is 8.95. The Morgan fingerprint density at radius 3 is 2.61 bits per heavy atom. The van der Waals surface area contributed by atoms with Crippen molar-refractivity contribution in [3.05, 3.63) is 80.5 Å². The van der Waals surface area contributed by atoms with Crippen LogP contribution < -0.4 is 10.9 Å². The second-order valence-corrected chi connectivity index (χ2v) is 11.0. The molecule has 184 valence electrons. The molecule has 0 saturated carbocycles. The lowest BCUT2D eigenvalue weighted by atomic mass is 10.1. The van der Waals surface area contributed by atoms with E-state index in [9.17, 15) is 14.4 Å². The maximum Gasteiger partial charge on any atom is 0.267 e. The SMILES string of the molecule is CC(=O)N1CCc2c(sc3nc(SCC(=O)Nc4cccc(C)c4)n(-c4ccc(C)cc4)c(=O)c23)C1. The van der Waals surface area contributed by atoms with Gasteiger partial charge in [-0.3, -0.25) is 19.0 Å². The fourth-order valence-corrected chi connectivity index (χ4v) is 6.45. The van der Waals surface area contributed by atoms with E-state index < -0.39 is 0 Å². The summed E-state index contributed by atoms with van der Waals surface area (Å²) in [4.78, 5) is 46.8. The zero-order valence-corrected chi connectivity index (χ0v) is 22.0. The molecule has 36 heavy (non-hydrogen) atoms. The van der Waals surface area contributed by atoms with Crippen molar-refractivity contribution in [1.29, 1.82) is 0 Å². The van der Waals surface area contributed by atoms with E-state index in [1.165, 1.54) is 23.1 Å². The van der Waals surface area contributed by atoms with Crippen molar-refractivity contribution in [2.75, 3.05) is 17.6 Å². The average Bonchev–Trinajstić information content (AvgIpc) is 3.21. The largest absolute Gasteiger partial charge is 0.337 e. The molecule has 2 aromatic carbocycles. The molecule has 0 spiro atoms. The maximum absolute atomic E-state index is 13.9. The molecular formula is C27H26N4O3S2. The average molecular weight is 519 g/mol. The normalized spacial score (nSPS) is 13.0. The number of carbonyl (C=O) groups is 2. The van der Waals surface area contributed by atoms with Crippen molar-refractivity contribution in [1.82, 2.24) is 14.5 Å². The number of aromatic nitrogens is 2. The molecule has 1 aliphatic heterocycles. The summed E-state index contributed by atoms with van der Waals surface area (Å²) in [5, 5.41) is 4.00. The molecule has 0 unspecified atom stereocenters. The van der Waals surface area contributed by atoms with Gasteiger partial charge in [-0.2, -0.15) is 0 Å². The highest BCUT2D eigenvalue weighted by molar-refractivity contribution is 7.99. The molecule has 0 atom stereocenters. The number of aryl methyl sites for hydroxylation is 2. The molecule has 0 aliphatic carbocycles. The Morgan fingerprint density at radius 2 is 1.89 bits per heavy atom. The molecule has 2 aromatic heterocycles.